The van der Waals surface area contributed by atoms with E-state index in [9.17, 15) is 0 Å². The fraction of sp³-hybridized carbons (Fsp3) is 0.208. The number of hydrogen-bond acceptors (Lipinski definition) is 4. The Morgan fingerprint density at radius 2 is 1.06 bits per heavy atom. The van der Waals surface area contributed by atoms with Crippen LogP contribution in [0.1, 0.15) is 29.5 Å². The van der Waals surface area contributed by atoms with Gasteiger partial charge in [0.25, 0.3) is 0 Å². The Labute approximate surface area is 309 Å². The fourth-order valence-electron chi connectivity index (χ4n) is 6.67. The largest absolute Gasteiger partial charge is 0.493 e. The Morgan fingerprint density at radius 1 is 0.538 bits per heavy atom. The van der Waals surface area contributed by atoms with Gasteiger partial charge >= 0.3 is 0 Å². The molecule has 0 aliphatic heterocycles. The molecule has 0 amide bonds. The van der Waals surface area contributed by atoms with Crippen LogP contribution in [0.3, 0.4) is 0 Å². The van der Waals surface area contributed by atoms with E-state index in [0.29, 0.717) is 13.2 Å². The molecule has 52 heavy (non-hydrogen) atoms. The molecule has 0 spiro atoms. The van der Waals surface area contributed by atoms with E-state index in [1.54, 1.807) is 7.11 Å². The van der Waals surface area contributed by atoms with E-state index in [1.165, 1.54) is 27.8 Å². The Morgan fingerprint density at radius 3 is 1.63 bits per heavy atom. The van der Waals surface area contributed by atoms with Crippen molar-refractivity contribution in [1.82, 2.24) is 0 Å². The lowest BCUT2D eigenvalue weighted by Gasteiger charge is -2.22. The minimum absolute atomic E-state index is 0.123. The monoisotopic (exact) mass is 688 g/mol. The molecule has 0 saturated heterocycles. The molecule has 264 valence electrons. The zero-order valence-electron chi connectivity index (χ0n) is 30.7. The van der Waals surface area contributed by atoms with Crippen LogP contribution in [0.5, 0.6) is 17.2 Å². The van der Waals surface area contributed by atoms with Crippen molar-refractivity contribution >= 4 is 0 Å². The summed E-state index contributed by atoms with van der Waals surface area (Å²) >= 11 is 0. The summed E-state index contributed by atoms with van der Waals surface area (Å²) in [7, 11) is 1.64. The average Bonchev–Trinajstić information content (AvgIpc) is 3.18. The highest BCUT2D eigenvalue weighted by Crippen LogP contribution is 2.43. The Kier molecular flexibility index (Phi) is 12.2. The molecule has 0 aliphatic carbocycles. The van der Waals surface area contributed by atoms with Crippen molar-refractivity contribution in [2.75, 3.05) is 27.1 Å². The highest BCUT2D eigenvalue weighted by molar-refractivity contribution is 5.85. The van der Waals surface area contributed by atoms with Crippen LogP contribution >= 0.6 is 0 Å². The van der Waals surface area contributed by atoms with Gasteiger partial charge in [0.2, 0.25) is 0 Å². The van der Waals surface area contributed by atoms with Crippen molar-refractivity contribution in [2.45, 2.75) is 33.6 Å². The predicted molar refractivity (Wildman–Crippen MR) is 215 cm³/mol. The molecule has 0 radical (unpaired) electrons. The van der Waals surface area contributed by atoms with Gasteiger partial charge in [-0.3, -0.25) is 0 Å². The molecule has 6 aromatic carbocycles. The third kappa shape index (κ3) is 8.65. The predicted octanol–water partition coefficient (Wildman–Crippen LogP) is 12.3. The van der Waals surface area contributed by atoms with Crippen LogP contribution in [0.15, 0.2) is 146 Å². The zero-order chi connectivity index (χ0) is 36.3. The highest BCUT2D eigenvalue weighted by atomic mass is 16.7. The number of methoxy groups -OCH3 is 1. The van der Waals surface area contributed by atoms with Gasteiger partial charge in [-0.05, 0) is 85.7 Å². The molecule has 1 atom stereocenters. The van der Waals surface area contributed by atoms with Crippen molar-refractivity contribution in [3.05, 3.63) is 163 Å². The lowest BCUT2D eigenvalue weighted by molar-refractivity contribution is 0.0519. The summed E-state index contributed by atoms with van der Waals surface area (Å²) in [5.41, 5.74) is 12.3. The molecule has 0 bridgehead atoms. The summed E-state index contributed by atoms with van der Waals surface area (Å²) in [6.07, 6.45) is 3.72. The molecule has 0 heterocycles. The number of aryl methyl sites for hydroxylation is 2. The molecule has 1 unspecified atom stereocenters. The number of allylic oxidation sites excluding steroid dienone is 1. The lowest BCUT2D eigenvalue weighted by atomic mass is 9.92. The van der Waals surface area contributed by atoms with Gasteiger partial charge in [0.1, 0.15) is 17.2 Å². The van der Waals surface area contributed by atoms with Crippen molar-refractivity contribution in [2.24, 2.45) is 5.92 Å². The van der Waals surface area contributed by atoms with Gasteiger partial charge in [0.05, 0.1) is 13.2 Å². The molecule has 0 aromatic heterocycles. The standard InChI is InChI=1S/C48H48O4/c1-6-7-16-37(31-50-46-27-25-34(2)29-44(46)41-22-14-21-40(36(41)4)38-17-10-8-11-18-38)32-51-47-28-26-35(3)30-45(47)43-24-15-23-42(48(43)52-33-49-5)39-19-12-9-13-20-39/h6,8-15,17-30,37H,1,7,16,31-33H2,2-5H3. The second-order valence-electron chi connectivity index (χ2n) is 13.3. The number of hydrogen-bond donors (Lipinski definition) is 0. The number of ether oxygens (including phenoxy) is 4. The van der Waals surface area contributed by atoms with E-state index in [4.69, 9.17) is 18.9 Å². The summed E-state index contributed by atoms with van der Waals surface area (Å²) in [4.78, 5) is 0. The summed E-state index contributed by atoms with van der Waals surface area (Å²) in [5.74, 6) is 2.55. The summed E-state index contributed by atoms with van der Waals surface area (Å²) in [6, 6.07) is 46.4. The van der Waals surface area contributed by atoms with E-state index in [2.05, 4.69) is 143 Å². The first-order valence-corrected chi connectivity index (χ1v) is 18.0. The van der Waals surface area contributed by atoms with E-state index in [-0.39, 0.29) is 12.7 Å². The van der Waals surface area contributed by atoms with Crippen molar-refractivity contribution < 1.29 is 18.9 Å². The van der Waals surface area contributed by atoms with Crippen LogP contribution in [0.4, 0.5) is 0 Å². The highest BCUT2D eigenvalue weighted by Gasteiger charge is 2.20. The first kappa shape index (κ1) is 36.2. The topological polar surface area (TPSA) is 36.9 Å². The minimum Gasteiger partial charge on any atom is -0.493 e. The quantitative estimate of drug-likeness (QED) is 0.0749. The summed E-state index contributed by atoms with van der Waals surface area (Å²) in [5, 5.41) is 0. The van der Waals surface area contributed by atoms with E-state index in [1.807, 2.05) is 24.3 Å². The lowest BCUT2D eigenvalue weighted by Crippen LogP contribution is -2.20. The third-order valence-electron chi connectivity index (χ3n) is 9.42. The molecule has 6 aromatic rings. The smallest absolute Gasteiger partial charge is 0.188 e. The minimum atomic E-state index is 0.123. The van der Waals surface area contributed by atoms with Gasteiger partial charge in [-0.15, -0.1) is 6.58 Å². The Hall–Kier alpha value is -5.58. The first-order chi connectivity index (χ1) is 25.5. The van der Waals surface area contributed by atoms with E-state index >= 15 is 0 Å². The maximum Gasteiger partial charge on any atom is 0.188 e. The molecule has 0 fully saturated rings. The molecule has 0 N–H and O–H groups in total. The Balaban J connectivity index is 1.27. The fourth-order valence-corrected chi connectivity index (χ4v) is 6.67. The van der Waals surface area contributed by atoms with E-state index < -0.39 is 0 Å². The maximum absolute atomic E-state index is 6.72. The first-order valence-electron chi connectivity index (χ1n) is 18.0. The number of rotatable bonds is 16. The van der Waals surface area contributed by atoms with Crippen LogP contribution in [-0.4, -0.2) is 27.1 Å². The van der Waals surface area contributed by atoms with Crippen LogP contribution < -0.4 is 14.2 Å². The SMILES string of the molecule is C=CCCC(COc1ccc(C)cc1-c1cccc(-c2ccccc2)c1C)COc1ccc(C)cc1-c1cccc(-c2ccccc2)c1OCOC. The molecule has 6 rings (SSSR count). The van der Waals surface area contributed by atoms with Crippen molar-refractivity contribution in [3.8, 4) is 61.8 Å². The third-order valence-corrected chi connectivity index (χ3v) is 9.42. The molecule has 4 heteroatoms. The van der Waals surface area contributed by atoms with Gasteiger partial charge in [-0.25, -0.2) is 0 Å². The second kappa shape index (κ2) is 17.6. The van der Waals surface area contributed by atoms with Gasteiger partial charge < -0.3 is 18.9 Å². The molecule has 0 aliphatic rings. The maximum atomic E-state index is 6.72. The van der Waals surface area contributed by atoms with Crippen molar-refractivity contribution in [3.63, 3.8) is 0 Å². The van der Waals surface area contributed by atoms with Crippen LogP contribution in [0.25, 0.3) is 44.5 Å². The van der Waals surface area contributed by atoms with Gasteiger partial charge in [-0.2, -0.15) is 0 Å². The van der Waals surface area contributed by atoms with Gasteiger partial charge in [0, 0.05) is 35.3 Å². The van der Waals surface area contributed by atoms with Gasteiger partial charge in [0.15, 0.2) is 6.79 Å². The van der Waals surface area contributed by atoms with Gasteiger partial charge in [-0.1, -0.05) is 126 Å². The van der Waals surface area contributed by atoms with Crippen LogP contribution in [0.2, 0.25) is 0 Å². The zero-order valence-corrected chi connectivity index (χ0v) is 30.7. The Bertz CT molecular complexity index is 2080. The second-order valence-corrected chi connectivity index (χ2v) is 13.3. The summed E-state index contributed by atoms with van der Waals surface area (Å²) in [6.45, 7) is 11.6. The molecule has 0 saturated carbocycles. The van der Waals surface area contributed by atoms with Crippen molar-refractivity contribution in [1.29, 1.82) is 0 Å². The van der Waals surface area contributed by atoms with E-state index in [0.717, 1.165) is 63.5 Å². The molecular formula is C48H48O4. The molecular weight excluding hydrogens is 641 g/mol. The summed E-state index contributed by atoms with van der Waals surface area (Å²) < 4.78 is 25.1. The molecule has 4 nitrogen and oxygen atoms in total. The average molecular weight is 689 g/mol. The normalized spacial score (nSPS) is 11.5. The number of benzene rings is 6. The number of para-hydroxylation sites is 1. The van der Waals surface area contributed by atoms with Crippen LogP contribution in [0, 0.1) is 26.7 Å². The van der Waals surface area contributed by atoms with Crippen LogP contribution in [-0.2, 0) is 4.74 Å².